The smallest absolute Gasteiger partial charge is 0.0233 e. The highest BCUT2D eigenvalue weighted by Gasteiger charge is 2.30. The number of benzene rings is 1. The molecule has 0 saturated heterocycles. The highest BCUT2D eigenvalue weighted by molar-refractivity contribution is 5.14. The van der Waals surface area contributed by atoms with Crippen LogP contribution in [-0.2, 0) is 6.54 Å². The molecule has 0 heterocycles. The maximum absolute atomic E-state index is 5.94. The van der Waals surface area contributed by atoms with E-state index in [1.165, 1.54) is 24.8 Å². The quantitative estimate of drug-likeness (QED) is 0.885. The van der Waals surface area contributed by atoms with Gasteiger partial charge in [-0.05, 0) is 43.8 Å². The molecule has 1 aliphatic carbocycles. The summed E-state index contributed by atoms with van der Waals surface area (Å²) in [7, 11) is 2.25. The molecule has 1 aromatic rings. The Labute approximate surface area is 111 Å². The van der Waals surface area contributed by atoms with Crippen molar-refractivity contribution in [2.75, 3.05) is 13.6 Å². The van der Waals surface area contributed by atoms with Crippen molar-refractivity contribution >= 4 is 0 Å². The van der Waals surface area contributed by atoms with Gasteiger partial charge in [-0.15, -0.1) is 0 Å². The van der Waals surface area contributed by atoms with Crippen molar-refractivity contribution in [3.05, 3.63) is 35.9 Å². The molecule has 0 bridgehead atoms. The third-order valence-electron chi connectivity index (χ3n) is 4.36. The molecule has 0 radical (unpaired) electrons. The minimum Gasteiger partial charge on any atom is -0.330 e. The summed E-state index contributed by atoms with van der Waals surface area (Å²) in [4.78, 5) is 2.50. The summed E-state index contributed by atoms with van der Waals surface area (Å²) >= 11 is 0. The fourth-order valence-corrected chi connectivity index (χ4v) is 3.22. The molecule has 0 aromatic heterocycles. The molecular formula is C16H26N2. The second-order valence-corrected chi connectivity index (χ2v) is 5.88. The lowest BCUT2D eigenvalue weighted by atomic mass is 9.78. The second-order valence-electron chi connectivity index (χ2n) is 5.88. The first-order valence-electron chi connectivity index (χ1n) is 7.15. The Morgan fingerprint density at radius 3 is 2.61 bits per heavy atom. The van der Waals surface area contributed by atoms with E-state index in [4.69, 9.17) is 5.73 Å². The van der Waals surface area contributed by atoms with Crippen molar-refractivity contribution in [3.8, 4) is 0 Å². The number of nitrogens with two attached hydrogens (primary N) is 1. The summed E-state index contributed by atoms with van der Waals surface area (Å²) in [5, 5.41) is 0. The molecule has 1 saturated carbocycles. The first-order chi connectivity index (χ1) is 8.70. The van der Waals surface area contributed by atoms with Crippen LogP contribution in [0.2, 0.25) is 0 Å². The molecule has 1 aromatic carbocycles. The van der Waals surface area contributed by atoms with E-state index in [1.807, 2.05) is 0 Å². The molecule has 1 fully saturated rings. The third-order valence-corrected chi connectivity index (χ3v) is 4.36. The van der Waals surface area contributed by atoms with Crippen molar-refractivity contribution in [2.24, 2.45) is 17.6 Å². The molecule has 2 N–H and O–H groups in total. The third kappa shape index (κ3) is 3.33. The van der Waals surface area contributed by atoms with Crippen LogP contribution >= 0.6 is 0 Å². The zero-order chi connectivity index (χ0) is 13.0. The van der Waals surface area contributed by atoms with Gasteiger partial charge in [0, 0.05) is 12.6 Å². The fraction of sp³-hybridized carbons (Fsp3) is 0.625. The lowest BCUT2D eigenvalue weighted by Crippen LogP contribution is -2.44. The molecule has 3 atom stereocenters. The molecule has 2 nitrogen and oxygen atoms in total. The van der Waals surface area contributed by atoms with Crippen molar-refractivity contribution < 1.29 is 0 Å². The maximum atomic E-state index is 5.94. The van der Waals surface area contributed by atoms with Gasteiger partial charge in [0.15, 0.2) is 0 Å². The van der Waals surface area contributed by atoms with Gasteiger partial charge in [-0.1, -0.05) is 43.7 Å². The van der Waals surface area contributed by atoms with Gasteiger partial charge in [0.05, 0.1) is 0 Å². The van der Waals surface area contributed by atoms with E-state index >= 15 is 0 Å². The van der Waals surface area contributed by atoms with Crippen LogP contribution in [0.4, 0.5) is 0 Å². The molecule has 2 heteroatoms. The van der Waals surface area contributed by atoms with Gasteiger partial charge < -0.3 is 5.73 Å². The predicted molar refractivity (Wildman–Crippen MR) is 77.3 cm³/mol. The molecule has 1 aliphatic rings. The molecule has 100 valence electrons. The normalized spacial score (nSPS) is 28.6. The molecular weight excluding hydrogens is 220 g/mol. The summed E-state index contributed by atoms with van der Waals surface area (Å²) in [6, 6.07) is 11.4. The summed E-state index contributed by atoms with van der Waals surface area (Å²) in [6.45, 7) is 4.24. The summed E-state index contributed by atoms with van der Waals surface area (Å²) < 4.78 is 0. The van der Waals surface area contributed by atoms with Crippen LogP contribution in [-0.4, -0.2) is 24.5 Å². The topological polar surface area (TPSA) is 29.3 Å². The number of hydrogen-bond donors (Lipinski definition) is 1. The Morgan fingerprint density at radius 1 is 1.22 bits per heavy atom. The zero-order valence-corrected chi connectivity index (χ0v) is 11.7. The molecule has 0 spiro atoms. The first-order valence-corrected chi connectivity index (χ1v) is 7.15. The molecule has 18 heavy (non-hydrogen) atoms. The minimum absolute atomic E-state index is 0.652. The van der Waals surface area contributed by atoms with Gasteiger partial charge in [0.25, 0.3) is 0 Å². The van der Waals surface area contributed by atoms with E-state index < -0.39 is 0 Å². The van der Waals surface area contributed by atoms with Crippen molar-refractivity contribution in [1.29, 1.82) is 0 Å². The van der Waals surface area contributed by atoms with Crippen LogP contribution in [0.25, 0.3) is 0 Å². The van der Waals surface area contributed by atoms with Gasteiger partial charge in [-0.25, -0.2) is 0 Å². The van der Waals surface area contributed by atoms with E-state index in [9.17, 15) is 0 Å². The fourth-order valence-electron chi connectivity index (χ4n) is 3.22. The Kier molecular flexibility index (Phi) is 4.79. The van der Waals surface area contributed by atoms with E-state index in [0.717, 1.165) is 19.0 Å². The van der Waals surface area contributed by atoms with E-state index in [-0.39, 0.29) is 0 Å². The average Bonchev–Trinajstić information content (AvgIpc) is 2.40. The molecule has 3 unspecified atom stereocenters. The standard InChI is InChI=1S/C16H26N2/c1-13-8-9-15(11-17)16(10-13)18(2)12-14-6-4-3-5-7-14/h3-7,13,15-16H,8-12,17H2,1-2H3. The van der Waals surface area contributed by atoms with Gasteiger partial charge in [-0.2, -0.15) is 0 Å². The second kappa shape index (κ2) is 6.35. The Morgan fingerprint density at radius 2 is 1.94 bits per heavy atom. The summed E-state index contributed by atoms with van der Waals surface area (Å²) in [6.07, 6.45) is 3.93. The Hall–Kier alpha value is -0.860. The summed E-state index contributed by atoms with van der Waals surface area (Å²) in [5.74, 6) is 1.52. The summed E-state index contributed by atoms with van der Waals surface area (Å²) in [5.41, 5.74) is 7.34. The molecule has 0 amide bonds. The highest BCUT2D eigenvalue weighted by Crippen LogP contribution is 2.31. The average molecular weight is 246 g/mol. The van der Waals surface area contributed by atoms with Gasteiger partial charge >= 0.3 is 0 Å². The number of hydrogen-bond acceptors (Lipinski definition) is 2. The number of nitrogens with zero attached hydrogens (tertiary/aromatic N) is 1. The number of rotatable bonds is 4. The first kappa shape index (κ1) is 13.6. The van der Waals surface area contributed by atoms with E-state index in [0.29, 0.717) is 12.0 Å². The van der Waals surface area contributed by atoms with Gasteiger partial charge in [-0.3, -0.25) is 4.90 Å². The van der Waals surface area contributed by atoms with Crippen LogP contribution in [0.1, 0.15) is 31.7 Å². The van der Waals surface area contributed by atoms with Crippen LogP contribution < -0.4 is 5.73 Å². The largest absolute Gasteiger partial charge is 0.330 e. The predicted octanol–water partition coefficient (Wildman–Crippen LogP) is 2.88. The van der Waals surface area contributed by atoms with Gasteiger partial charge in [0.2, 0.25) is 0 Å². The van der Waals surface area contributed by atoms with Crippen LogP contribution in [0.5, 0.6) is 0 Å². The van der Waals surface area contributed by atoms with E-state index in [2.05, 4.69) is 49.2 Å². The Balaban J connectivity index is 1.99. The molecule has 2 rings (SSSR count). The Bertz CT molecular complexity index is 349. The van der Waals surface area contributed by atoms with Crippen LogP contribution in [0.15, 0.2) is 30.3 Å². The minimum atomic E-state index is 0.652. The van der Waals surface area contributed by atoms with Gasteiger partial charge in [0.1, 0.15) is 0 Å². The monoisotopic (exact) mass is 246 g/mol. The van der Waals surface area contributed by atoms with Crippen LogP contribution in [0, 0.1) is 11.8 Å². The maximum Gasteiger partial charge on any atom is 0.0233 e. The lowest BCUT2D eigenvalue weighted by Gasteiger charge is -2.40. The van der Waals surface area contributed by atoms with Crippen molar-refractivity contribution in [2.45, 2.75) is 38.8 Å². The lowest BCUT2D eigenvalue weighted by molar-refractivity contribution is 0.103. The molecule has 0 aliphatic heterocycles. The zero-order valence-electron chi connectivity index (χ0n) is 11.7. The van der Waals surface area contributed by atoms with Crippen LogP contribution in [0.3, 0.4) is 0 Å². The SMILES string of the molecule is CC1CCC(CN)C(N(C)Cc2ccccc2)C1. The van der Waals surface area contributed by atoms with E-state index in [1.54, 1.807) is 0 Å². The van der Waals surface area contributed by atoms with Crippen molar-refractivity contribution in [3.63, 3.8) is 0 Å². The van der Waals surface area contributed by atoms with Crippen molar-refractivity contribution in [1.82, 2.24) is 4.90 Å². The highest BCUT2D eigenvalue weighted by atomic mass is 15.1.